The van der Waals surface area contributed by atoms with E-state index in [0.29, 0.717) is 31.1 Å². The summed E-state index contributed by atoms with van der Waals surface area (Å²) in [5.74, 6) is 1.67. The molecule has 3 rings (SSSR count). The highest BCUT2D eigenvalue weighted by molar-refractivity contribution is 5.86. The zero-order valence-corrected chi connectivity index (χ0v) is 11.6. The summed E-state index contributed by atoms with van der Waals surface area (Å²) in [6.45, 7) is 2.68. The first-order valence-electron chi connectivity index (χ1n) is 7.01. The van der Waals surface area contributed by atoms with Gasteiger partial charge in [-0.05, 0) is 41.7 Å². The van der Waals surface area contributed by atoms with Gasteiger partial charge in [0.2, 0.25) is 0 Å². The van der Waals surface area contributed by atoms with Gasteiger partial charge < -0.3 is 4.74 Å². The van der Waals surface area contributed by atoms with E-state index in [1.165, 1.54) is 16.7 Å². The second-order valence-corrected chi connectivity index (χ2v) is 5.43. The summed E-state index contributed by atoms with van der Waals surface area (Å²) in [4.78, 5) is 11.0. The minimum atomic E-state index is 0.370. The van der Waals surface area contributed by atoms with E-state index in [-0.39, 0.29) is 0 Å². The minimum Gasteiger partial charge on any atom is -0.489 e. The molecule has 0 bridgehead atoms. The molecule has 1 fully saturated rings. The Hall–Kier alpha value is -2.09. The van der Waals surface area contributed by atoms with Crippen LogP contribution in [0.25, 0.3) is 0 Å². The van der Waals surface area contributed by atoms with Crippen molar-refractivity contribution in [3.8, 4) is 5.75 Å². The second kappa shape index (κ2) is 5.49. The number of Topliss-reactive ketones (excluding diaryl/α,β-unsaturated/α-hetero) is 1. The van der Waals surface area contributed by atoms with Crippen molar-refractivity contribution in [2.45, 2.75) is 32.3 Å². The molecule has 1 saturated carbocycles. The second-order valence-electron chi connectivity index (χ2n) is 5.43. The fourth-order valence-electron chi connectivity index (χ4n) is 2.49. The summed E-state index contributed by atoms with van der Waals surface area (Å²) >= 11 is 0. The Morgan fingerprint density at radius 1 is 1.05 bits per heavy atom. The molecular formula is C18H18O2. The predicted octanol–water partition coefficient (Wildman–Crippen LogP) is 4.02. The maximum absolute atomic E-state index is 11.0. The fourth-order valence-corrected chi connectivity index (χ4v) is 2.49. The molecule has 0 aromatic heterocycles. The molecule has 0 aliphatic heterocycles. The van der Waals surface area contributed by atoms with Gasteiger partial charge in [-0.25, -0.2) is 0 Å². The molecule has 2 heteroatoms. The number of carbonyl (C=O) groups is 1. The number of carbonyl (C=O) groups excluding carboxylic acids is 1. The van der Waals surface area contributed by atoms with Crippen molar-refractivity contribution in [1.29, 1.82) is 0 Å². The SMILES string of the molecule is Cc1ccccc1COc1ccc(C2CC(=O)C2)cc1. The van der Waals surface area contributed by atoms with Crippen molar-refractivity contribution in [2.24, 2.45) is 0 Å². The molecule has 0 spiro atoms. The Kier molecular flexibility index (Phi) is 3.55. The van der Waals surface area contributed by atoms with Crippen molar-refractivity contribution in [1.82, 2.24) is 0 Å². The first-order chi connectivity index (χ1) is 9.72. The van der Waals surface area contributed by atoms with Crippen LogP contribution in [0.5, 0.6) is 5.75 Å². The molecular weight excluding hydrogens is 248 g/mol. The van der Waals surface area contributed by atoms with Crippen molar-refractivity contribution < 1.29 is 9.53 Å². The lowest BCUT2D eigenvalue weighted by Crippen LogP contribution is -2.20. The van der Waals surface area contributed by atoms with E-state index in [4.69, 9.17) is 4.74 Å². The van der Waals surface area contributed by atoms with Gasteiger partial charge in [0.05, 0.1) is 0 Å². The zero-order chi connectivity index (χ0) is 13.9. The molecule has 1 aliphatic carbocycles. The molecule has 2 nitrogen and oxygen atoms in total. The van der Waals surface area contributed by atoms with E-state index in [9.17, 15) is 4.79 Å². The first kappa shape index (κ1) is 12.9. The number of aryl methyl sites for hydroxylation is 1. The summed E-state index contributed by atoms with van der Waals surface area (Å²) in [7, 11) is 0. The van der Waals surface area contributed by atoms with Crippen LogP contribution in [0.4, 0.5) is 0 Å². The molecule has 0 unspecified atom stereocenters. The normalized spacial score (nSPS) is 14.9. The Morgan fingerprint density at radius 2 is 1.75 bits per heavy atom. The third-order valence-electron chi connectivity index (χ3n) is 3.96. The van der Waals surface area contributed by atoms with Crippen LogP contribution in [0.3, 0.4) is 0 Å². The molecule has 0 saturated heterocycles. The van der Waals surface area contributed by atoms with E-state index in [2.05, 4.69) is 31.2 Å². The predicted molar refractivity (Wildman–Crippen MR) is 78.9 cm³/mol. The first-order valence-corrected chi connectivity index (χ1v) is 7.01. The summed E-state index contributed by atoms with van der Waals surface area (Å²) in [5.41, 5.74) is 3.70. The molecule has 102 valence electrons. The number of rotatable bonds is 4. The van der Waals surface area contributed by atoms with E-state index >= 15 is 0 Å². The lowest BCUT2D eigenvalue weighted by Gasteiger charge is -2.24. The summed E-state index contributed by atoms with van der Waals surface area (Å²) < 4.78 is 5.81. The van der Waals surface area contributed by atoms with Gasteiger partial charge in [-0.1, -0.05) is 36.4 Å². The zero-order valence-electron chi connectivity index (χ0n) is 11.6. The van der Waals surface area contributed by atoms with Crippen LogP contribution in [0.1, 0.15) is 35.4 Å². The van der Waals surface area contributed by atoms with Gasteiger partial charge in [-0.3, -0.25) is 4.79 Å². The fraction of sp³-hybridized carbons (Fsp3) is 0.278. The summed E-state index contributed by atoms with van der Waals surface area (Å²) in [6, 6.07) is 16.4. The molecule has 0 radical (unpaired) electrons. The molecule has 20 heavy (non-hydrogen) atoms. The van der Waals surface area contributed by atoms with Gasteiger partial charge in [-0.15, -0.1) is 0 Å². The van der Waals surface area contributed by atoms with Gasteiger partial charge in [0.25, 0.3) is 0 Å². The number of benzene rings is 2. The minimum absolute atomic E-state index is 0.370. The highest BCUT2D eigenvalue weighted by Gasteiger charge is 2.27. The lowest BCUT2D eigenvalue weighted by atomic mass is 9.79. The van der Waals surface area contributed by atoms with Gasteiger partial charge in [0.15, 0.2) is 0 Å². The van der Waals surface area contributed by atoms with Gasteiger partial charge in [0.1, 0.15) is 18.1 Å². The maximum Gasteiger partial charge on any atom is 0.134 e. The van der Waals surface area contributed by atoms with Crippen LogP contribution in [0.2, 0.25) is 0 Å². The average Bonchev–Trinajstić information content (AvgIpc) is 2.44. The molecule has 2 aromatic rings. The third kappa shape index (κ3) is 2.74. The monoisotopic (exact) mass is 266 g/mol. The Labute approximate surface area is 119 Å². The largest absolute Gasteiger partial charge is 0.489 e. The quantitative estimate of drug-likeness (QED) is 0.835. The van der Waals surface area contributed by atoms with E-state index < -0.39 is 0 Å². The molecule has 0 heterocycles. The lowest BCUT2D eigenvalue weighted by molar-refractivity contribution is -0.124. The third-order valence-corrected chi connectivity index (χ3v) is 3.96. The number of hydrogen-bond donors (Lipinski definition) is 0. The van der Waals surface area contributed by atoms with Crippen molar-refractivity contribution in [3.05, 3.63) is 65.2 Å². The van der Waals surface area contributed by atoms with Crippen LogP contribution < -0.4 is 4.74 Å². The number of ether oxygens (including phenoxy) is 1. The van der Waals surface area contributed by atoms with Crippen molar-refractivity contribution in [2.75, 3.05) is 0 Å². The van der Waals surface area contributed by atoms with Crippen LogP contribution in [0, 0.1) is 6.92 Å². The Bertz CT molecular complexity index is 606. The molecule has 0 amide bonds. The molecule has 2 aromatic carbocycles. The van der Waals surface area contributed by atoms with Gasteiger partial charge in [-0.2, -0.15) is 0 Å². The topological polar surface area (TPSA) is 26.3 Å². The number of hydrogen-bond acceptors (Lipinski definition) is 2. The van der Waals surface area contributed by atoms with Crippen LogP contribution in [-0.4, -0.2) is 5.78 Å². The molecule has 0 N–H and O–H groups in total. The highest BCUT2D eigenvalue weighted by atomic mass is 16.5. The van der Waals surface area contributed by atoms with E-state index in [1.807, 2.05) is 24.3 Å². The van der Waals surface area contributed by atoms with Crippen molar-refractivity contribution >= 4 is 5.78 Å². The summed E-state index contributed by atoms with van der Waals surface area (Å²) in [6.07, 6.45) is 1.40. The van der Waals surface area contributed by atoms with Gasteiger partial charge >= 0.3 is 0 Å². The molecule has 1 aliphatic rings. The van der Waals surface area contributed by atoms with Gasteiger partial charge in [0, 0.05) is 12.8 Å². The summed E-state index contributed by atoms with van der Waals surface area (Å²) in [5, 5.41) is 0. The molecule has 0 atom stereocenters. The smallest absolute Gasteiger partial charge is 0.134 e. The average molecular weight is 266 g/mol. The Morgan fingerprint density at radius 3 is 2.40 bits per heavy atom. The van der Waals surface area contributed by atoms with Crippen LogP contribution in [-0.2, 0) is 11.4 Å². The number of ketones is 1. The van der Waals surface area contributed by atoms with E-state index in [1.54, 1.807) is 0 Å². The standard InChI is InChI=1S/C18H18O2/c1-13-4-2-3-5-15(13)12-20-18-8-6-14(7-9-18)16-10-17(19)11-16/h2-9,16H,10-12H2,1H3. The van der Waals surface area contributed by atoms with Crippen LogP contribution >= 0.6 is 0 Å². The highest BCUT2D eigenvalue weighted by Crippen LogP contribution is 2.34. The maximum atomic E-state index is 11.0. The van der Waals surface area contributed by atoms with Crippen LogP contribution in [0.15, 0.2) is 48.5 Å². The van der Waals surface area contributed by atoms with Crippen molar-refractivity contribution in [3.63, 3.8) is 0 Å². The van der Waals surface area contributed by atoms with E-state index in [0.717, 1.165) is 5.75 Å². The Balaban J connectivity index is 1.61.